The van der Waals surface area contributed by atoms with Gasteiger partial charge in [-0.25, -0.2) is 0 Å². The van der Waals surface area contributed by atoms with Crippen LogP contribution in [-0.2, 0) is 14.3 Å². The first-order valence-electron chi connectivity index (χ1n) is 5.89. The van der Waals surface area contributed by atoms with Crippen LogP contribution < -0.4 is 0 Å². The molecule has 0 radical (unpaired) electrons. The standard InChI is InChI=1S/C12H24O5/c1-5-6-7-9(11(13)14)12(2,15)8-10(16-3)17-4/h9-10,15H,5-8H2,1-4H3,(H,13,14). The first-order valence-corrected chi connectivity index (χ1v) is 5.89. The Morgan fingerprint density at radius 1 is 1.35 bits per heavy atom. The first-order chi connectivity index (χ1) is 7.88. The molecule has 0 aromatic carbocycles. The van der Waals surface area contributed by atoms with E-state index in [1.165, 1.54) is 21.1 Å². The van der Waals surface area contributed by atoms with Crippen LogP contribution in [0.25, 0.3) is 0 Å². The number of carbonyl (C=O) groups is 1. The maximum atomic E-state index is 11.2. The molecular weight excluding hydrogens is 224 g/mol. The first kappa shape index (κ1) is 16.4. The molecular formula is C12H24O5. The highest BCUT2D eigenvalue weighted by molar-refractivity contribution is 5.71. The lowest BCUT2D eigenvalue weighted by Crippen LogP contribution is -2.43. The Hall–Kier alpha value is -0.650. The predicted molar refractivity (Wildman–Crippen MR) is 63.7 cm³/mol. The Bertz CT molecular complexity index is 223. The molecule has 0 bridgehead atoms. The summed E-state index contributed by atoms with van der Waals surface area (Å²) in [5.41, 5.74) is -1.34. The second-order valence-corrected chi connectivity index (χ2v) is 4.50. The molecule has 2 atom stereocenters. The van der Waals surface area contributed by atoms with Gasteiger partial charge in [-0.1, -0.05) is 19.8 Å². The lowest BCUT2D eigenvalue weighted by atomic mass is 9.82. The van der Waals surface area contributed by atoms with Gasteiger partial charge in [0.1, 0.15) is 0 Å². The Labute approximate surface area is 103 Å². The lowest BCUT2D eigenvalue weighted by molar-refractivity contribution is -0.169. The highest BCUT2D eigenvalue weighted by Crippen LogP contribution is 2.28. The summed E-state index contributed by atoms with van der Waals surface area (Å²) in [5, 5.41) is 19.4. The van der Waals surface area contributed by atoms with Crippen molar-refractivity contribution in [2.24, 2.45) is 5.92 Å². The van der Waals surface area contributed by atoms with Crippen LogP contribution in [0.3, 0.4) is 0 Å². The number of rotatable bonds is 9. The third kappa shape index (κ3) is 5.48. The van der Waals surface area contributed by atoms with E-state index in [1.54, 1.807) is 0 Å². The summed E-state index contributed by atoms with van der Waals surface area (Å²) in [6, 6.07) is 0. The summed E-state index contributed by atoms with van der Waals surface area (Å²) < 4.78 is 9.99. The third-order valence-corrected chi connectivity index (χ3v) is 3.00. The maximum absolute atomic E-state index is 11.2. The van der Waals surface area contributed by atoms with E-state index in [4.69, 9.17) is 14.6 Å². The van der Waals surface area contributed by atoms with E-state index in [0.29, 0.717) is 6.42 Å². The quantitative estimate of drug-likeness (QED) is 0.607. The minimum Gasteiger partial charge on any atom is -0.481 e. The average Bonchev–Trinajstić information content (AvgIpc) is 2.25. The van der Waals surface area contributed by atoms with Crippen molar-refractivity contribution in [2.75, 3.05) is 14.2 Å². The van der Waals surface area contributed by atoms with Gasteiger partial charge in [0, 0.05) is 20.6 Å². The number of aliphatic carboxylic acids is 1. The van der Waals surface area contributed by atoms with Crippen LogP contribution in [0.15, 0.2) is 0 Å². The van der Waals surface area contributed by atoms with Gasteiger partial charge >= 0.3 is 5.97 Å². The zero-order chi connectivity index (χ0) is 13.5. The van der Waals surface area contributed by atoms with Crippen molar-refractivity contribution >= 4 is 5.97 Å². The lowest BCUT2D eigenvalue weighted by Gasteiger charge is -2.32. The number of aliphatic hydroxyl groups is 1. The maximum Gasteiger partial charge on any atom is 0.309 e. The van der Waals surface area contributed by atoms with Crippen LogP contribution in [0.2, 0.25) is 0 Å². The van der Waals surface area contributed by atoms with Crippen LogP contribution >= 0.6 is 0 Å². The Morgan fingerprint density at radius 3 is 2.24 bits per heavy atom. The second kappa shape index (κ2) is 7.63. The number of methoxy groups -OCH3 is 2. The summed E-state index contributed by atoms with van der Waals surface area (Å²) in [6.45, 7) is 3.51. The molecule has 2 N–H and O–H groups in total. The topological polar surface area (TPSA) is 76.0 Å². The molecule has 0 saturated carbocycles. The zero-order valence-corrected chi connectivity index (χ0v) is 11.1. The van der Waals surface area contributed by atoms with E-state index in [1.807, 2.05) is 6.92 Å². The minimum atomic E-state index is -1.34. The number of unbranched alkanes of at least 4 members (excludes halogenated alkanes) is 1. The minimum absolute atomic E-state index is 0.140. The van der Waals surface area contributed by atoms with Crippen LogP contribution in [0.1, 0.15) is 39.5 Å². The molecule has 0 saturated heterocycles. The second-order valence-electron chi connectivity index (χ2n) is 4.50. The molecule has 17 heavy (non-hydrogen) atoms. The molecule has 0 spiro atoms. The summed E-state index contributed by atoms with van der Waals surface area (Å²) in [7, 11) is 2.93. The van der Waals surface area contributed by atoms with Gasteiger partial charge in [-0.15, -0.1) is 0 Å². The van der Waals surface area contributed by atoms with Crippen molar-refractivity contribution < 1.29 is 24.5 Å². The fraction of sp³-hybridized carbons (Fsp3) is 0.917. The van der Waals surface area contributed by atoms with Gasteiger partial charge < -0.3 is 19.7 Å². The fourth-order valence-corrected chi connectivity index (χ4v) is 1.85. The van der Waals surface area contributed by atoms with Gasteiger partial charge in [0.25, 0.3) is 0 Å². The number of ether oxygens (including phenoxy) is 2. The fourth-order valence-electron chi connectivity index (χ4n) is 1.85. The van der Waals surface area contributed by atoms with Crippen LogP contribution in [0.4, 0.5) is 0 Å². The third-order valence-electron chi connectivity index (χ3n) is 3.00. The molecule has 0 aliphatic rings. The number of hydrogen-bond donors (Lipinski definition) is 2. The molecule has 0 aliphatic carbocycles. The molecule has 5 heteroatoms. The van der Waals surface area contributed by atoms with Crippen LogP contribution in [-0.4, -0.2) is 42.3 Å². The Kier molecular flexibility index (Phi) is 7.34. The average molecular weight is 248 g/mol. The molecule has 102 valence electrons. The van der Waals surface area contributed by atoms with Crippen molar-refractivity contribution in [3.05, 3.63) is 0 Å². The summed E-state index contributed by atoms with van der Waals surface area (Å²) in [4.78, 5) is 11.2. The molecule has 0 rings (SSSR count). The molecule has 0 aromatic rings. The predicted octanol–water partition coefficient (Wildman–Crippen LogP) is 1.64. The molecule has 0 amide bonds. The van der Waals surface area contributed by atoms with Gasteiger partial charge in [-0.3, -0.25) is 4.79 Å². The van der Waals surface area contributed by atoms with Crippen molar-refractivity contribution in [1.82, 2.24) is 0 Å². The van der Waals surface area contributed by atoms with E-state index in [9.17, 15) is 9.90 Å². The van der Waals surface area contributed by atoms with Gasteiger partial charge in [-0.2, -0.15) is 0 Å². The molecule has 5 nitrogen and oxygen atoms in total. The van der Waals surface area contributed by atoms with Gasteiger partial charge in [0.2, 0.25) is 0 Å². The number of carboxylic acid groups (broad SMARTS) is 1. The SMILES string of the molecule is CCCCC(C(=O)O)C(C)(O)CC(OC)OC. The Morgan fingerprint density at radius 2 is 1.88 bits per heavy atom. The van der Waals surface area contributed by atoms with Crippen molar-refractivity contribution in [2.45, 2.75) is 51.4 Å². The van der Waals surface area contributed by atoms with Crippen molar-refractivity contribution in [3.63, 3.8) is 0 Å². The van der Waals surface area contributed by atoms with E-state index >= 15 is 0 Å². The molecule has 0 heterocycles. The molecule has 2 unspecified atom stereocenters. The summed E-state index contributed by atoms with van der Waals surface area (Å²) in [5.74, 6) is -1.77. The summed E-state index contributed by atoms with van der Waals surface area (Å²) in [6.07, 6.45) is 1.68. The molecule has 0 aromatic heterocycles. The monoisotopic (exact) mass is 248 g/mol. The molecule has 0 aliphatic heterocycles. The van der Waals surface area contributed by atoms with Gasteiger partial charge in [0.15, 0.2) is 6.29 Å². The van der Waals surface area contributed by atoms with Gasteiger partial charge in [-0.05, 0) is 13.3 Å². The van der Waals surface area contributed by atoms with Crippen LogP contribution in [0, 0.1) is 5.92 Å². The summed E-state index contributed by atoms with van der Waals surface area (Å²) >= 11 is 0. The van der Waals surface area contributed by atoms with Gasteiger partial charge in [0.05, 0.1) is 11.5 Å². The Balaban J connectivity index is 4.63. The smallest absolute Gasteiger partial charge is 0.309 e. The van der Waals surface area contributed by atoms with E-state index in [2.05, 4.69) is 0 Å². The van der Waals surface area contributed by atoms with Crippen molar-refractivity contribution in [1.29, 1.82) is 0 Å². The van der Waals surface area contributed by atoms with E-state index in [-0.39, 0.29) is 6.42 Å². The highest BCUT2D eigenvalue weighted by Gasteiger charge is 2.38. The normalized spacial score (nSPS) is 16.8. The number of hydrogen-bond acceptors (Lipinski definition) is 4. The molecule has 0 fully saturated rings. The van der Waals surface area contributed by atoms with E-state index in [0.717, 1.165) is 12.8 Å². The van der Waals surface area contributed by atoms with E-state index < -0.39 is 23.8 Å². The van der Waals surface area contributed by atoms with Crippen LogP contribution in [0.5, 0.6) is 0 Å². The highest BCUT2D eigenvalue weighted by atomic mass is 16.7. The zero-order valence-electron chi connectivity index (χ0n) is 11.1. The largest absolute Gasteiger partial charge is 0.481 e. The number of carboxylic acids is 1. The van der Waals surface area contributed by atoms with Crippen molar-refractivity contribution in [3.8, 4) is 0 Å².